The Hall–Kier alpha value is -0.640. The van der Waals surface area contributed by atoms with Crippen LogP contribution in [0.2, 0.25) is 0 Å². The fraction of sp³-hybridized carbons (Fsp3) is 0.400. The summed E-state index contributed by atoms with van der Waals surface area (Å²) in [4.78, 5) is -0.0712. The lowest BCUT2D eigenvalue weighted by molar-refractivity contribution is 0.486. The maximum atomic E-state index is 11.9. The standard InChI is InChI=1S/C10H14BrNO5S2/c1-3-12-19(15,16)10-7-8(5-6-9(10)11)17-18(13,14)4-2/h5-7,12H,3-4H2,1-2H3. The van der Waals surface area contributed by atoms with Gasteiger partial charge >= 0.3 is 10.1 Å². The van der Waals surface area contributed by atoms with E-state index in [4.69, 9.17) is 4.18 Å². The van der Waals surface area contributed by atoms with Crippen LogP contribution in [0.5, 0.6) is 5.75 Å². The Kier molecular flexibility index (Phi) is 5.36. The topological polar surface area (TPSA) is 89.5 Å². The van der Waals surface area contributed by atoms with E-state index in [-0.39, 0.29) is 22.9 Å². The molecule has 0 heterocycles. The fourth-order valence-electron chi connectivity index (χ4n) is 1.21. The van der Waals surface area contributed by atoms with Gasteiger partial charge in [-0.3, -0.25) is 0 Å². The monoisotopic (exact) mass is 371 g/mol. The lowest BCUT2D eigenvalue weighted by Crippen LogP contribution is -2.23. The first-order valence-electron chi connectivity index (χ1n) is 5.43. The third kappa shape index (κ3) is 4.44. The van der Waals surface area contributed by atoms with Crippen molar-refractivity contribution in [1.29, 1.82) is 0 Å². The van der Waals surface area contributed by atoms with Gasteiger partial charge in [0.1, 0.15) is 5.75 Å². The Balaban J connectivity index is 3.22. The van der Waals surface area contributed by atoms with Crippen molar-refractivity contribution >= 4 is 36.1 Å². The van der Waals surface area contributed by atoms with Gasteiger partial charge in [-0.25, -0.2) is 13.1 Å². The van der Waals surface area contributed by atoms with Gasteiger partial charge in [0.25, 0.3) is 0 Å². The summed E-state index contributed by atoms with van der Waals surface area (Å²) in [5, 5.41) is 0. The van der Waals surface area contributed by atoms with Crippen LogP contribution in [-0.2, 0) is 20.1 Å². The molecule has 0 aliphatic carbocycles. The third-order valence-electron chi connectivity index (χ3n) is 2.10. The largest absolute Gasteiger partial charge is 0.382 e. The van der Waals surface area contributed by atoms with Crippen molar-refractivity contribution in [3.8, 4) is 5.75 Å². The maximum absolute atomic E-state index is 11.9. The molecule has 1 N–H and O–H groups in total. The fourth-order valence-corrected chi connectivity index (χ4v) is 3.75. The molecule has 1 aromatic rings. The zero-order valence-corrected chi connectivity index (χ0v) is 13.6. The zero-order chi connectivity index (χ0) is 14.7. The van der Waals surface area contributed by atoms with Crippen molar-refractivity contribution < 1.29 is 21.0 Å². The van der Waals surface area contributed by atoms with Crippen LogP contribution in [0.4, 0.5) is 0 Å². The highest BCUT2D eigenvalue weighted by molar-refractivity contribution is 9.10. The van der Waals surface area contributed by atoms with E-state index in [9.17, 15) is 16.8 Å². The quantitative estimate of drug-likeness (QED) is 0.764. The molecule has 0 aliphatic rings. The van der Waals surface area contributed by atoms with Crippen LogP contribution in [0.3, 0.4) is 0 Å². The number of benzene rings is 1. The summed E-state index contributed by atoms with van der Waals surface area (Å²) < 4.78 is 53.9. The van der Waals surface area contributed by atoms with Crippen LogP contribution in [0, 0.1) is 0 Å². The van der Waals surface area contributed by atoms with Gasteiger partial charge in [0.15, 0.2) is 0 Å². The molecule has 0 unspecified atom stereocenters. The van der Waals surface area contributed by atoms with Crippen LogP contribution in [0.15, 0.2) is 27.6 Å². The van der Waals surface area contributed by atoms with Crippen molar-refractivity contribution in [2.24, 2.45) is 0 Å². The first-order valence-corrected chi connectivity index (χ1v) is 9.28. The molecule has 0 atom stereocenters. The summed E-state index contributed by atoms with van der Waals surface area (Å²) in [7, 11) is -7.39. The van der Waals surface area contributed by atoms with Gasteiger partial charge < -0.3 is 4.18 Å². The molecule has 0 aliphatic heterocycles. The summed E-state index contributed by atoms with van der Waals surface area (Å²) in [6.45, 7) is 3.31. The Morgan fingerprint density at radius 3 is 2.37 bits per heavy atom. The third-order valence-corrected chi connectivity index (χ3v) is 5.80. The van der Waals surface area contributed by atoms with Crippen LogP contribution in [0.1, 0.15) is 13.8 Å². The minimum Gasteiger partial charge on any atom is -0.382 e. The van der Waals surface area contributed by atoms with Crippen LogP contribution < -0.4 is 8.91 Å². The molecule has 9 heteroatoms. The second-order valence-electron chi connectivity index (χ2n) is 3.52. The molecule has 1 aromatic carbocycles. The minimum atomic E-state index is -3.70. The highest BCUT2D eigenvalue weighted by Gasteiger charge is 2.19. The second-order valence-corrected chi connectivity index (χ2v) is 7.97. The van der Waals surface area contributed by atoms with Crippen molar-refractivity contribution in [3.63, 3.8) is 0 Å². The van der Waals surface area contributed by atoms with E-state index in [2.05, 4.69) is 20.7 Å². The van der Waals surface area contributed by atoms with E-state index in [1.54, 1.807) is 6.92 Å². The number of hydrogen-bond donors (Lipinski definition) is 1. The average molecular weight is 372 g/mol. The Morgan fingerprint density at radius 1 is 1.21 bits per heavy atom. The van der Waals surface area contributed by atoms with Gasteiger partial charge in [-0.1, -0.05) is 6.92 Å². The Morgan fingerprint density at radius 2 is 1.84 bits per heavy atom. The molecule has 108 valence electrons. The molecule has 0 amide bonds. The summed E-state index contributed by atoms with van der Waals surface area (Å²) in [5.74, 6) is -0.236. The molecule has 0 aromatic heterocycles. The predicted molar refractivity (Wildman–Crippen MR) is 75.1 cm³/mol. The van der Waals surface area contributed by atoms with E-state index in [0.29, 0.717) is 4.47 Å². The Bertz CT molecular complexity index is 654. The van der Waals surface area contributed by atoms with Crippen molar-refractivity contribution in [1.82, 2.24) is 4.72 Å². The number of rotatable bonds is 6. The predicted octanol–water partition coefficient (Wildman–Crippen LogP) is 1.48. The van der Waals surface area contributed by atoms with Crippen molar-refractivity contribution in [2.45, 2.75) is 18.7 Å². The van der Waals surface area contributed by atoms with Crippen LogP contribution in [0.25, 0.3) is 0 Å². The number of nitrogens with one attached hydrogen (secondary N) is 1. The second kappa shape index (κ2) is 6.21. The van der Waals surface area contributed by atoms with E-state index in [1.807, 2.05) is 0 Å². The van der Waals surface area contributed by atoms with Gasteiger partial charge in [0.2, 0.25) is 10.0 Å². The molecule has 0 saturated heterocycles. The number of sulfonamides is 1. The molecule has 0 radical (unpaired) electrons. The van der Waals surface area contributed by atoms with Gasteiger partial charge in [-0.15, -0.1) is 0 Å². The van der Waals surface area contributed by atoms with E-state index >= 15 is 0 Å². The average Bonchev–Trinajstić information content (AvgIpc) is 2.31. The van der Waals surface area contributed by atoms with Gasteiger partial charge in [0.05, 0.1) is 10.6 Å². The lowest BCUT2D eigenvalue weighted by atomic mass is 10.3. The van der Waals surface area contributed by atoms with Crippen molar-refractivity contribution in [2.75, 3.05) is 12.3 Å². The summed E-state index contributed by atoms with van der Waals surface area (Å²) in [5.41, 5.74) is 0. The summed E-state index contributed by atoms with van der Waals surface area (Å²) in [6, 6.07) is 3.96. The molecule has 6 nitrogen and oxygen atoms in total. The van der Waals surface area contributed by atoms with E-state index in [1.165, 1.54) is 19.1 Å². The summed E-state index contributed by atoms with van der Waals surface area (Å²) in [6.07, 6.45) is 0. The summed E-state index contributed by atoms with van der Waals surface area (Å²) >= 11 is 3.11. The van der Waals surface area contributed by atoms with Crippen molar-refractivity contribution in [3.05, 3.63) is 22.7 Å². The van der Waals surface area contributed by atoms with Crippen LogP contribution in [-0.4, -0.2) is 29.1 Å². The number of halogens is 1. The molecule has 0 saturated carbocycles. The van der Waals surface area contributed by atoms with Gasteiger partial charge in [-0.05, 0) is 35.0 Å². The molecular formula is C10H14BrNO5S2. The maximum Gasteiger partial charge on any atom is 0.308 e. The molecular weight excluding hydrogens is 358 g/mol. The molecule has 0 spiro atoms. The smallest absolute Gasteiger partial charge is 0.308 e. The highest BCUT2D eigenvalue weighted by atomic mass is 79.9. The van der Waals surface area contributed by atoms with Gasteiger partial charge in [-0.2, -0.15) is 8.42 Å². The van der Waals surface area contributed by atoms with E-state index in [0.717, 1.165) is 6.07 Å². The molecule has 0 bridgehead atoms. The SMILES string of the molecule is CCNS(=O)(=O)c1cc(OS(=O)(=O)CC)ccc1Br. The molecule has 1 rings (SSSR count). The molecule has 0 fully saturated rings. The first kappa shape index (κ1) is 16.4. The van der Waals surface area contributed by atoms with Crippen LogP contribution >= 0.6 is 15.9 Å². The zero-order valence-electron chi connectivity index (χ0n) is 10.4. The van der Waals surface area contributed by atoms with E-state index < -0.39 is 20.1 Å². The normalized spacial score (nSPS) is 12.4. The highest BCUT2D eigenvalue weighted by Crippen LogP contribution is 2.27. The Labute approximate surface area is 121 Å². The molecule has 19 heavy (non-hydrogen) atoms. The van der Waals surface area contributed by atoms with Gasteiger partial charge in [0, 0.05) is 17.1 Å². The first-order chi connectivity index (χ1) is 8.72. The number of hydrogen-bond acceptors (Lipinski definition) is 5. The lowest BCUT2D eigenvalue weighted by Gasteiger charge is -2.10. The minimum absolute atomic E-state index is 0.0403.